The van der Waals surface area contributed by atoms with Gasteiger partial charge in [-0.2, -0.15) is 0 Å². The Balaban J connectivity index is 1.86. The molecule has 1 saturated heterocycles. The van der Waals surface area contributed by atoms with E-state index in [1.165, 1.54) is 6.20 Å². The zero-order chi connectivity index (χ0) is 23.2. The lowest BCUT2D eigenvalue weighted by Gasteiger charge is -2.28. The highest BCUT2D eigenvalue weighted by Crippen LogP contribution is 2.43. The minimum atomic E-state index is -0.821. The van der Waals surface area contributed by atoms with Gasteiger partial charge in [-0.1, -0.05) is 11.6 Å². The predicted molar refractivity (Wildman–Crippen MR) is 117 cm³/mol. The van der Waals surface area contributed by atoms with Crippen molar-refractivity contribution in [1.29, 1.82) is 0 Å². The Kier molecular flexibility index (Phi) is 6.13. The van der Waals surface area contributed by atoms with Crippen molar-refractivity contribution in [2.75, 3.05) is 24.7 Å². The van der Waals surface area contributed by atoms with E-state index in [9.17, 15) is 14.4 Å². The Morgan fingerprint density at radius 3 is 2.53 bits per heavy atom. The molecule has 2 heterocycles. The van der Waals surface area contributed by atoms with Crippen LogP contribution in [0.2, 0.25) is 5.02 Å². The Labute approximate surface area is 189 Å². The van der Waals surface area contributed by atoms with E-state index < -0.39 is 35.3 Å². The number of hydrogen-bond acceptors (Lipinski definition) is 7. The van der Waals surface area contributed by atoms with Gasteiger partial charge in [-0.3, -0.25) is 9.59 Å². The van der Waals surface area contributed by atoms with Crippen LogP contribution >= 0.6 is 11.6 Å². The number of benzene rings is 1. The number of aromatic nitrogens is 1. The van der Waals surface area contributed by atoms with Gasteiger partial charge in [0, 0.05) is 18.8 Å². The molecule has 172 valence electrons. The zero-order valence-electron chi connectivity index (χ0n) is 17.9. The van der Waals surface area contributed by atoms with Crippen LogP contribution in [0, 0.1) is 11.7 Å². The van der Waals surface area contributed by atoms with Crippen LogP contribution in [0.25, 0.3) is 10.9 Å². The van der Waals surface area contributed by atoms with Crippen molar-refractivity contribution in [3.63, 3.8) is 0 Å². The number of pyridine rings is 1. The van der Waals surface area contributed by atoms with Crippen molar-refractivity contribution in [2.24, 2.45) is 11.7 Å². The maximum absolute atomic E-state index is 15.3. The lowest BCUT2D eigenvalue weighted by atomic mass is 10.1. The molecule has 8 nitrogen and oxygen atoms in total. The molecule has 0 spiro atoms. The van der Waals surface area contributed by atoms with E-state index >= 15 is 4.39 Å². The van der Waals surface area contributed by atoms with Crippen LogP contribution in [0.1, 0.15) is 49.5 Å². The average Bonchev–Trinajstić information content (AvgIpc) is 3.52. The first-order chi connectivity index (χ1) is 15.3. The van der Waals surface area contributed by atoms with Gasteiger partial charge >= 0.3 is 11.9 Å². The zero-order valence-corrected chi connectivity index (χ0v) is 18.7. The standard InChI is InChI=1S/C22H25ClFN3O5/c1-3-31-21(29)12-7-8-26(20(12)25)18-15(24)9-13-17(16(18)23)27(11-5-6-11)10-14(19(13)28)22(30)32-4-2/h9-12,20H,3-8,25H2,1-2H3. The molecule has 2 unspecified atom stereocenters. The highest BCUT2D eigenvalue weighted by atomic mass is 35.5. The molecular formula is C22H25ClFN3O5. The summed E-state index contributed by atoms with van der Waals surface area (Å²) in [7, 11) is 0. The SMILES string of the molecule is CCOC(=O)c1cn(C2CC2)c2c(Cl)c(N3CCC(C(=O)OCC)C3N)c(F)cc2c1=O. The molecule has 2 N–H and O–H groups in total. The molecule has 10 heteroatoms. The molecule has 1 aromatic carbocycles. The normalized spacial score (nSPS) is 20.6. The largest absolute Gasteiger partial charge is 0.466 e. The van der Waals surface area contributed by atoms with Crippen molar-refractivity contribution < 1.29 is 23.5 Å². The summed E-state index contributed by atoms with van der Waals surface area (Å²) in [6, 6.07) is 1.13. The number of ether oxygens (including phenoxy) is 2. The van der Waals surface area contributed by atoms with Gasteiger partial charge in [-0.15, -0.1) is 0 Å². The number of esters is 2. The first-order valence-corrected chi connectivity index (χ1v) is 11.1. The van der Waals surface area contributed by atoms with Gasteiger partial charge in [0.25, 0.3) is 0 Å². The Hall–Kier alpha value is -2.65. The number of hydrogen-bond donors (Lipinski definition) is 1. The second kappa shape index (κ2) is 8.71. The highest BCUT2D eigenvalue weighted by molar-refractivity contribution is 6.38. The summed E-state index contributed by atoms with van der Waals surface area (Å²) in [6.07, 6.45) is 2.71. The number of carbonyl (C=O) groups is 2. The summed E-state index contributed by atoms with van der Waals surface area (Å²) in [5.74, 6) is -2.55. The van der Waals surface area contributed by atoms with Gasteiger partial charge in [0.15, 0.2) is 0 Å². The van der Waals surface area contributed by atoms with Crippen molar-refractivity contribution in [2.45, 2.75) is 45.3 Å². The van der Waals surface area contributed by atoms with Gasteiger partial charge in [-0.05, 0) is 39.2 Å². The topological polar surface area (TPSA) is 104 Å². The summed E-state index contributed by atoms with van der Waals surface area (Å²) in [5.41, 5.74) is 5.86. The molecule has 2 atom stereocenters. The van der Waals surface area contributed by atoms with E-state index in [1.807, 2.05) is 0 Å². The Morgan fingerprint density at radius 2 is 1.91 bits per heavy atom. The molecule has 2 aliphatic rings. The van der Waals surface area contributed by atoms with Crippen molar-refractivity contribution >= 4 is 40.1 Å². The van der Waals surface area contributed by atoms with E-state index in [4.69, 9.17) is 26.8 Å². The number of halogens is 2. The number of fused-ring (bicyclic) bond motifs is 1. The van der Waals surface area contributed by atoms with E-state index in [0.717, 1.165) is 18.9 Å². The van der Waals surface area contributed by atoms with Crippen molar-refractivity contribution in [3.05, 3.63) is 38.9 Å². The molecule has 4 rings (SSSR count). The van der Waals surface area contributed by atoms with Gasteiger partial charge in [0.2, 0.25) is 5.43 Å². The van der Waals surface area contributed by atoms with Crippen LogP contribution in [-0.2, 0) is 14.3 Å². The quantitative estimate of drug-likeness (QED) is 0.654. The monoisotopic (exact) mass is 465 g/mol. The van der Waals surface area contributed by atoms with E-state index in [-0.39, 0.29) is 40.9 Å². The Morgan fingerprint density at radius 1 is 1.22 bits per heavy atom. The third kappa shape index (κ3) is 3.73. The van der Waals surface area contributed by atoms with Crippen LogP contribution in [0.3, 0.4) is 0 Å². The fourth-order valence-corrected chi connectivity index (χ4v) is 4.67. The Bertz CT molecular complexity index is 1150. The van der Waals surface area contributed by atoms with Crippen LogP contribution in [0.15, 0.2) is 17.1 Å². The first kappa shape index (κ1) is 22.5. The fraction of sp³-hybridized carbons (Fsp3) is 0.500. The van der Waals surface area contributed by atoms with Gasteiger partial charge in [0.05, 0.1) is 46.9 Å². The molecule has 1 saturated carbocycles. The van der Waals surface area contributed by atoms with E-state index in [1.54, 1.807) is 23.3 Å². The summed E-state index contributed by atoms with van der Waals surface area (Å²) < 4.78 is 27.2. The number of carbonyl (C=O) groups excluding carboxylic acids is 2. The summed E-state index contributed by atoms with van der Waals surface area (Å²) in [4.78, 5) is 39.1. The molecule has 2 aromatic rings. The molecule has 0 radical (unpaired) electrons. The van der Waals surface area contributed by atoms with Crippen LogP contribution in [0.5, 0.6) is 0 Å². The van der Waals surface area contributed by atoms with E-state index in [2.05, 4.69) is 0 Å². The molecule has 2 fully saturated rings. The number of nitrogens with zero attached hydrogens (tertiary/aromatic N) is 2. The highest BCUT2D eigenvalue weighted by Gasteiger charge is 2.40. The number of rotatable bonds is 6. The number of anilines is 1. The fourth-order valence-electron chi connectivity index (χ4n) is 4.27. The molecule has 0 amide bonds. The van der Waals surface area contributed by atoms with Gasteiger partial charge in [0.1, 0.15) is 11.4 Å². The third-order valence-corrected chi connectivity index (χ3v) is 6.31. The predicted octanol–water partition coefficient (Wildman–Crippen LogP) is 2.98. The molecule has 1 aliphatic carbocycles. The maximum Gasteiger partial charge on any atom is 0.343 e. The van der Waals surface area contributed by atoms with Gasteiger partial charge < -0.3 is 24.7 Å². The maximum atomic E-state index is 15.3. The molecule has 0 bridgehead atoms. The number of nitrogens with two attached hydrogens (primary N) is 1. The summed E-state index contributed by atoms with van der Waals surface area (Å²) >= 11 is 6.69. The van der Waals surface area contributed by atoms with Crippen molar-refractivity contribution in [1.82, 2.24) is 4.57 Å². The minimum absolute atomic E-state index is 0.00316. The van der Waals surface area contributed by atoms with Crippen LogP contribution in [-0.4, -0.2) is 42.4 Å². The van der Waals surface area contributed by atoms with Crippen molar-refractivity contribution in [3.8, 4) is 0 Å². The second-order valence-corrected chi connectivity index (χ2v) is 8.36. The molecule has 1 aromatic heterocycles. The minimum Gasteiger partial charge on any atom is -0.466 e. The van der Waals surface area contributed by atoms with E-state index in [0.29, 0.717) is 18.5 Å². The first-order valence-electron chi connectivity index (χ1n) is 10.7. The molecule has 1 aliphatic heterocycles. The molecule has 32 heavy (non-hydrogen) atoms. The third-order valence-electron chi connectivity index (χ3n) is 5.95. The van der Waals surface area contributed by atoms with Gasteiger partial charge in [-0.25, -0.2) is 9.18 Å². The average molecular weight is 466 g/mol. The lowest BCUT2D eigenvalue weighted by molar-refractivity contribution is -0.148. The lowest BCUT2D eigenvalue weighted by Crippen LogP contribution is -2.44. The van der Waals surface area contributed by atoms with Crippen LogP contribution < -0.4 is 16.1 Å². The summed E-state index contributed by atoms with van der Waals surface area (Å²) in [6.45, 7) is 4.00. The summed E-state index contributed by atoms with van der Waals surface area (Å²) in [5, 5.41) is 0.0304. The smallest absolute Gasteiger partial charge is 0.343 e. The second-order valence-electron chi connectivity index (χ2n) is 7.98. The van der Waals surface area contributed by atoms with Crippen LogP contribution in [0.4, 0.5) is 10.1 Å². The molecular weight excluding hydrogens is 441 g/mol.